The molecule has 6 nitrogen and oxygen atoms in total. The molecule has 43 heavy (non-hydrogen) atoms. The first kappa shape index (κ1) is 37.8. The SMILES string of the molecule is C1CC2C3CCC(C3)C2C1.C1CC2C3CCC(C3)C2C1.C=O.CCC(C)(CC(C)(C)C(=O)OC)C(=O)OC(C)(C)C.CO. The zero-order chi connectivity index (χ0) is 32.6. The van der Waals surface area contributed by atoms with Gasteiger partial charge in [-0.1, -0.05) is 19.8 Å². The number of methoxy groups -OCH3 is 1. The number of aliphatic hydroxyl groups excluding tert-OH is 1. The molecule has 6 aliphatic carbocycles. The highest BCUT2D eigenvalue weighted by Crippen LogP contribution is 2.59. The first-order valence-electron chi connectivity index (χ1n) is 17.3. The number of ether oxygens (including phenoxy) is 2. The third-order valence-corrected chi connectivity index (χ3v) is 11.9. The zero-order valence-corrected chi connectivity index (χ0v) is 29.2. The van der Waals surface area contributed by atoms with Gasteiger partial charge in [0.15, 0.2) is 0 Å². The molecule has 6 heteroatoms. The van der Waals surface area contributed by atoms with Gasteiger partial charge in [-0.3, -0.25) is 9.59 Å². The Bertz CT molecular complexity index is 809. The molecule has 0 aromatic rings. The van der Waals surface area contributed by atoms with Gasteiger partial charge in [0.25, 0.3) is 0 Å². The third kappa shape index (κ3) is 9.30. The highest BCUT2D eigenvalue weighted by Gasteiger charge is 2.50. The fourth-order valence-corrected chi connectivity index (χ4v) is 10.1. The van der Waals surface area contributed by atoms with Crippen LogP contribution in [0.1, 0.15) is 138 Å². The molecule has 0 radical (unpaired) electrons. The molecule has 4 bridgehead atoms. The van der Waals surface area contributed by atoms with E-state index in [0.717, 1.165) is 7.11 Å². The van der Waals surface area contributed by atoms with E-state index in [1.165, 1.54) is 54.5 Å². The minimum absolute atomic E-state index is 0.264. The molecule has 0 saturated heterocycles. The molecular weight excluding hydrogens is 540 g/mol. The van der Waals surface area contributed by atoms with E-state index in [9.17, 15) is 9.59 Å². The molecule has 9 atom stereocenters. The third-order valence-electron chi connectivity index (χ3n) is 11.9. The van der Waals surface area contributed by atoms with Gasteiger partial charge in [0, 0.05) is 7.11 Å². The summed E-state index contributed by atoms with van der Waals surface area (Å²) in [6.07, 6.45) is 20.1. The van der Waals surface area contributed by atoms with E-state index >= 15 is 0 Å². The van der Waals surface area contributed by atoms with Crippen molar-refractivity contribution in [3.63, 3.8) is 0 Å². The van der Waals surface area contributed by atoms with E-state index < -0.39 is 16.4 Å². The lowest BCUT2D eigenvalue weighted by molar-refractivity contribution is -0.171. The Labute approximate surface area is 263 Å². The monoisotopic (exact) mass is 606 g/mol. The maximum Gasteiger partial charge on any atom is 0.312 e. The smallest absolute Gasteiger partial charge is 0.312 e. The quantitative estimate of drug-likeness (QED) is 0.316. The summed E-state index contributed by atoms with van der Waals surface area (Å²) in [7, 11) is 2.36. The fraction of sp³-hybridized carbons (Fsp3) is 0.919. The van der Waals surface area contributed by atoms with E-state index in [0.29, 0.717) is 12.8 Å². The van der Waals surface area contributed by atoms with Crippen molar-refractivity contribution in [2.45, 2.75) is 144 Å². The summed E-state index contributed by atoms with van der Waals surface area (Å²) < 4.78 is 10.3. The Morgan fingerprint density at radius 3 is 1.30 bits per heavy atom. The van der Waals surface area contributed by atoms with Gasteiger partial charge in [0.1, 0.15) is 12.4 Å². The largest absolute Gasteiger partial charge is 0.469 e. The minimum atomic E-state index is -0.712. The van der Waals surface area contributed by atoms with Crippen molar-refractivity contribution in [1.29, 1.82) is 0 Å². The Balaban J connectivity index is 0.000000224. The molecule has 9 unspecified atom stereocenters. The number of aliphatic hydroxyl groups is 1. The molecule has 0 aliphatic heterocycles. The van der Waals surface area contributed by atoms with Crippen molar-refractivity contribution in [1.82, 2.24) is 0 Å². The van der Waals surface area contributed by atoms with Crippen LogP contribution in [0.4, 0.5) is 0 Å². The van der Waals surface area contributed by atoms with Gasteiger partial charge in [0.2, 0.25) is 0 Å². The maximum absolute atomic E-state index is 12.3. The fourth-order valence-electron chi connectivity index (χ4n) is 10.1. The Hall–Kier alpha value is -1.43. The van der Waals surface area contributed by atoms with Crippen LogP contribution in [0.2, 0.25) is 0 Å². The van der Waals surface area contributed by atoms with Gasteiger partial charge in [-0.2, -0.15) is 0 Å². The van der Waals surface area contributed by atoms with Crippen LogP contribution in [-0.2, 0) is 23.9 Å². The zero-order valence-electron chi connectivity index (χ0n) is 29.2. The van der Waals surface area contributed by atoms with Crippen LogP contribution in [0.15, 0.2) is 0 Å². The van der Waals surface area contributed by atoms with Gasteiger partial charge in [-0.25, -0.2) is 0 Å². The molecular formula is C37H66O6. The Morgan fingerprint density at radius 2 is 1.02 bits per heavy atom. The number of hydrogen-bond donors (Lipinski definition) is 1. The van der Waals surface area contributed by atoms with Crippen LogP contribution < -0.4 is 0 Å². The summed E-state index contributed by atoms with van der Waals surface area (Å²) in [5.74, 6) is 9.02. The van der Waals surface area contributed by atoms with Gasteiger partial charge in [0.05, 0.1) is 17.9 Å². The lowest BCUT2D eigenvalue weighted by atomic mass is 9.72. The second kappa shape index (κ2) is 16.2. The second-order valence-electron chi connectivity index (χ2n) is 16.2. The molecule has 1 N–H and O–H groups in total. The minimum Gasteiger partial charge on any atom is -0.469 e. The van der Waals surface area contributed by atoms with Crippen molar-refractivity contribution in [2.75, 3.05) is 14.2 Å². The van der Waals surface area contributed by atoms with Crippen molar-refractivity contribution in [3.05, 3.63) is 0 Å². The number of esters is 2. The lowest BCUT2D eigenvalue weighted by Gasteiger charge is -2.35. The van der Waals surface area contributed by atoms with E-state index in [1.54, 1.807) is 90.9 Å². The predicted molar refractivity (Wildman–Crippen MR) is 173 cm³/mol. The average Bonchev–Trinajstić information content (AvgIpc) is 3.81. The van der Waals surface area contributed by atoms with Crippen LogP contribution in [0.25, 0.3) is 0 Å². The number of carbonyl (C=O) groups is 3. The standard InChI is InChI=1S/C15H28O4.2C10H16.CH4O.CH2O/c1-9-15(7,12(17)19-13(2,3)4)10-14(5,6)11(16)18-8;2*1-2-9-7-4-5-8(6-7)10(9)3-1;2*1-2/h9-10H2,1-8H3;2*7-10H,1-6H2;2H,1H3;1H2. The molecule has 0 amide bonds. The first-order chi connectivity index (χ1) is 20.3. The van der Waals surface area contributed by atoms with Crippen molar-refractivity contribution in [3.8, 4) is 0 Å². The molecule has 6 saturated carbocycles. The van der Waals surface area contributed by atoms with Gasteiger partial charge >= 0.3 is 11.9 Å². The molecule has 0 aromatic heterocycles. The summed E-state index contributed by atoms with van der Waals surface area (Å²) in [6.45, 7) is 14.9. The highest BCUT2D eigenvalue weighted by molar-refractivity contribution is 5.80. The van der Waals surface area contributed by atoms with Crippen molar-refractivity contribution >= 4 is 18.7 Å². The van der Waals surface area contributed by atoms with Crippen molar-refractivity contribution in [2.24, 2.45) is 58.2 Å². The van der Waals surface area contributed by atoms with Crippen LogP contribution in [0, 0.1) is 58.2 Å². The highest BCUT2D eigenvalue weighted by atomic mass is 16.6. The predicted octanol–water partition coefficient (Wildman–Crippen LogP) is 8.42. The summed E-state index contributed by atoms with van der Waals surface area (Å²) in [5.41, 5.74) is -1.93. The number of rotatable bonds is 5. The molecule has 250 valence electrons. The van der Waals surface area contributed by atoms with E-state index in [-0.39, 0.29) is 11.9 Å². The Morgan fingerprint density at radius 1 is 0.674 bits per heavy atom. The van der Waals surface area contributed by atoms with Crippen LogP contribution in [-0.4, -0.2) is 43.7 Å². The van der Waals surface area contributed by atoms with Crippen LogP contribution in [0.5, 0.6) is 0 Å². The molecule has 0 spiro atoms. The van der Waals surface area contributed by atoms with Crippen LogP contribution >= 0.6 is 0 Å². The number of hydrogen-bond acceptors (Lipinski definition) is 6. The van der Waals surface area contributed by atoms with E-state index in [1.807, 2.05) is 41.4 Å². The topological polar surface area (TPSA) is 89.9 Å². The normalized spacial score (nSPS) is 33.9. The molecule has 6 rings (SSSR count). The summed E-state index contributed by atoms with van der Waals surface area (Å²) >= 11 is 0. The van der Waals surface area contributed by atoms with Gasteiger partial charge in [-0.05, 0) is 166 Å². The van der Waals surface area contributed by atoms with E-state index in [4.69, 9.17) is 19.4 Å². The molecule has 0 aromatic carbocycles. The van der Waals surface area contributed by atoms with Crippen LogP contribution in [0.3, 0.4) is 0 Å². The van der Waals surface area contributed by atoms with Gasteiger partial charge in [-0.15, -0.1) is 0 Å². The summed E-state index contributed by atoms with van der Waals surface area (Å²) in [4.78, 5) is 32.1. The van der Waals surface area contributed by atoms with E-state index in [2.05, 4.69) is 0 Å². The number of fused-ring (bicyclic) bond motifs is 10. The average molecular weight is 607 g/mol. The molecule has 6 fully saturated rings. The Kier molecular flexibility index (Phi) is 14.2. The van der Waals surface area contributed by atoms with Crippen molar-refractivity contribution < 1.29 is 29.0 Å². The first-order valence-corrected chi connectivity index (χ1v) is 17.3. The van der Waals surface area contributed by atoms with Gasteiger partial charge < -0.3 is 19.4 Å². The molecule has 0 heterocycles. The summed E-state index contributed by atoms with van der Waals surface area (Å²) in [5, 5.41) is 7.00. The maximum atomic E-state index is 12.3. The number of carbonyl (C=O) groups excluding carboxylic acids is 3. The second-order valence-corrected chi connectivity index (χ2v) is 16.2. The lowest BCUT2D eigenvalue weighted by Crippen LogP contribution is -2.40. The summed E-state index contributed by atoms with van der Waals surface area (Å²) in [6, 6.07) is 0. The molecule has 6 aliphatic rings.